The smallest absolute Gasteiger partial charge is 0.161 e. The van der Waals surface area contributed by atoms with Crippen molar-refractivity contribution in [1.29, 1.82) is 0 Å². The van der Waals surface area contributed by atoms with Gasteiger partial charge in [-0.25, -0.2) is 0 Å². The minimum atomic E-state index is 0.208. The first-order chi connectivity index (χ1) is 8.19. The Morgan fingerprint density at radius 1 is 1.06 bits per heavy atom. The zero-order chi connectivity index (χ0) is 12.7. The summed E-state index contributed by atoms with van der Waals surface area (Å²) in [5, 5.41) is 0.208. The fraction of sp³-hybridized carbons (Fsp3) is 0.571. The van der Waals surface area contributed by atoms with Crippen LogP contribution in [0.4, 0.5) is 0 Å². The Balaban J connectivity index is 2.86. The van der Waals surface area contributed by atoms with Gasteiger partial charge in [0.15, 0.2) is 11.5 Å². The van der Waals surface area contributed by atoms with E-state index >= 15 is 0 Å². The molecule has 1 rings (SSSR count). The van der Waals surface area contributed by atoms with E-state index in [-0.39, 0.29) is 5.25 Å². The maximum atomic E-state index is 5.72. The Bertz CT molecular complexity index is 337. The van der Waals surface area contributed by atoms with Gasteiger partial charge in [-0.2, -0.15) is 12.6 Å². The molecule has 1 unspecified atom stereocenters. The molecule has 3 heteroatoms. The topological polar surface area (TPSA) is 18.5 Å². The zero-order valence-electron chi connectivity index (χ0n) is 10.9. The van der Waals surface area contributed by atoms with Gasteiger partial charge >= 0.3 is 0 Å². The first-order valence-electron chi connectivity index (χ1n) is 6.26. The summed E-state index contributed by atoms with van der Waals surface area (Å²) in [7, 11) is 0. The van der Waals surface area contributed by atoms with Crippen molar-refractivity contribution in [2.75, 3.05) is 13.2 Å². The number of hydrogen-bond donors (Lipinski definition) is 1. The van der Waals surface area contributed by atoms with Crippen LogP contribution in [0.1, 0.15) is 44.4 Å². The van der Waals surface area contributed by atoms with Crippen molar-refractivity contribution < 1.29 is 9.47 Å². The average Bonchev–Trinajstić information content (AvgIpc) is 2.34. The summed E-state index contributed by atoms with van der Waals surface area (Å²) in [5.41, 5.74) is 1.16. The highest BCUT2D eigenvalue weighted by atomic mass is 32.1. The lowest BCUT2D eigenvalue weighted by atomic mass is 10.1. The van der Waals surface area contributed by atoms with Crippen LogP contribution in [0.15, 0.2) is 18.2 Å². The van der Waals surface area contributed by atoms with Crippen LogP contribution in [0, 0.1) is 0 Å². The van der Waals surface area contributed by atoms with Gasteiger partial charge in [-0.1, -0.05) is 19.9 Å². The lowest BCUT2D eigenvalue weighted by molar-refractivity contribution is 0.268. The quantitative estimate of drug-likeness (QED) is 0.733. The highest BCUT2D eigenvalue weighted by molar-refractivity contribution is 7.80. The van der Waals surface area contributed by atoms with E-state index in [9.17, 15) is 0 Å². The van der Waals surface area contributed by atoms with Crippen LogP contribution in [-0.2, 0) is 0 Å². The standard InChI is InChI=1S/C14H22O2S/c1-4-8-15-13-7-6-12(11(3)17)10-14(13)16-9-5-2/h6-7,10-11,17H,4-5,8-9H2,1-3H3. The molecule has 0 aliphatic rings. The Hall–Kier alpha value is -0.830. The van der Waals surface area contributed by atoms with Gasteiger partial charge in [0.2, 0.25) is 0 Å². The van der Waals surface area contributed by atoms with Gasteiger partial charge in [-0.05, 0) is 37.5 Å². The van der Waals surface area contributed by atoms with Crippen LogP contribution < -0.4 is 9.47 Å². The summed E-state index contributed by atoms with van der Waals surface area (Å²) in [6.07, 6.45) is 1.99. The van der Waals surface area contributed by atoms with Crippen molar-refractivity contribution in [2.45, 2.75) is 38.9 Å². The number of benzene rings is 1. The lowest BCUT2D eigenvalue weighted by Gasteiger charge is -2.14. The van der Waals surface area contributed by atoms with Crippen molar-refractivity contribution in [2.24, 2.45) is 0 Å². The molecule has 1 atom stereocenters. The van der Waals surface area contributed by atoms with Crippen LogP contribution in [-0.4, -0.2) is 13.2 Å². The van der Waals surface area contributed by atoms with Crippen molar-refractivity contribution in [3.63, 3.8) is 0 Å². The molecule has 0 radical (unpaired) electrons. The molecule has 0 aliphatic heterocycles. The summed E-state index contributed by atoms with van der Waals surface area (Å²) < 4.78 is 11.4. The molecular weight excluding hydrogens is 232 g/mol. The maximum absolute atomic E-state index is 5.72. The van der Waals surface area contributed by atoms with Crippen LogP contribution in [0.2, 0.25) is 0 Å². The third kappa shape index (κ3) is 4.50. The van der Waals surface area contributed by atoms with Gasteiger partial charge in [-0.15, -0.1) is 0 Å². The summed E-state index contributed by atoms with van der Waals surface area (Å²) >= 11 is 4.43. The molecule has 0 bridgehead atoms. The second-order valence-electron chi connectivity index (χ2n) is 4.08. The zero-order valence-corrected chi connectivity index (χ0v) is 11.8. The number of ether oxygens (including phenoxy) is 2. The molecule has 1 aromatic rings. The molecular formula is C14H22O2S. The van der Waals surface area contributed by atoms with Crippen molar-refractivity contribution in [3.8, 4) is 11.5 Å². The Morgan fingerprint density at radius 3 is 2.18 bits per heavy atom. The van der Waals surface area contributed by atoms with Gasteiger partial charge in [-0.3, -0.25) is 0 Å². The van der Waals surface area contributed by atoms with Crippen LogP contribution in [0.3, 0.4) is 0 Å². The third-order valence-corrected chi connectivity index (χ3v) is 2.67. The van der Waals surface area contributed by atoms with Crippen molar-refractivity contribution in [1.82, 2.24) is 0 Å². The third-order valence-electron chi connectivity index (χ3n) is 2.37. The summed E-state index contributed by atoms with van der Waals surface area (Å²) in [6, 6.07) is 6.04. The largest absolute Gasteiger partial charge is 0.490 e. The van der Waals surface area contributed by atoms with E-state index in [1.807, 2.05) is 18.2 Å². The molecule has 0 fully saturated rings. The molecule has 17 heavy (non-hydrogen) atoms. The number of thiol groups is 1. The normalized spacial score (nSPS) is 12.2. The van der Waals surface area contributed by atoms with Crippen LogP contribution in [0.5, 0.6) is 11.5 Å². The Kier molecular flexibility index (Phi) is 6.27. The van der Waals surface area contributed by atoms with Crippen molar-refractivity contribution in [3.05, 3.63) is 23.8 Å². The van der Waals surface area contributed by atoms with E-state index in [4.69, 9.17) is 9.47 Å². The summed E-state index contributed by atoms with van der Waals surface area (Å²) in [4.78, 5) is 0. The van der Waals surface area contributed by atoms with Crippen LogP contribution in [0.25, 0.3) is 0 Å². The van der Waals surface area contributed by atoms with Gasteiger partial charge in [0, 0.05) is 5.25 Å². The first kappa shape index (κ1) is 14.2. The molecule has 0 spiro atoms. The highest BCUT2D eigenvalue weighted by Crippen LogP contribution is 2.32. The molecule has 0 amide bonds. The van der Waals surface area contributed by atoms with Gasteiger partial charge in [0.05, 0.1) is 13.2 Å². The maximum Gasteiger partial charge on any atom is 0.161 e. The minimum absolute atomic E-state index is 0.208. The predicted octanol–water partition coefficient (Wildman–Crippen LogP) is 4.26. The van der Waals surface area contributed by atoms with E-state index in [1.165, 1.54) is 0 Å². The van der Waals surface area contributed by atoms with Gasteiger partial charge in [0.25, 0.3) is 0 Å². The second-order valence-corrected chi connectivity index (χ2v) is 4.85. The summed E-state index contributed by atoms with van der Waals surface area (Å²) in [5.74, 6) is 1.66. The van der Waals surface area contributed by atoms with Gasteiger partial charge < -0.3 is 9.47 Å². The Labute approximate surface area is 110 Å². The van der Waals surface area contributed by atoms with E-state index in [0.717, 1.165) is 36.5 Å². The monoisotopic (exact) mass is 254 g/mol. The Morgan fingerprint density at radius 2 is 1.65 bits per heavy atom. The van der Waals surface area contributed by atoms with E-state index in [2.05, 4.69) is 33.4 Å². The first-order valence-corrected chi connectivity index (χ1v) is 6.78. The molecule has 0 heterocycles. The van der Waals surface area contributed by atoms with Gasteiger partial charge in [0.1, 0.15) is 0 Å². The lowest BCUT2D eigenvalue weighted by Crippen LogP contribution is -2.02. The SMILES string of the molecule is CCCOc1ccc(C(C)S)cc1OCCC. The fourth-order valence-corrected chi connectivity index (χ4v) is 1.60. The van der Waals surface area contributed by atoms with E-state index in [0.29, 0.717) is 6.61 Å². The molecule has 0 aromatic heterocycles. The molecule has 0 saturated heterocycles. The number of rotatable bonds is 7. The highest BCUT2D eigenvalue weighted by Gasteiger charge is 2.08. The van der Waals surface area contributed by atoms with Crippen molar-refractivity contribution >= 4 is 12.6 Å². The molecule has 2 nitrogen and oxygen atoms in total. The molecule has 0 aliphatic carbocycles. The predicted molar refractivity (Wildman–Crippen MR) is 75.4 cm³/mol. The molecule has 96 valence electrons. The molecule has 0 N–H and O–H groups in total. The average molecular weight is 254 g/mol. The molecule has 0 saturated carbocycles. The van der Waals surface area contributed by atoms with Crippen LogP contribution >= 0.6 is 12.6 Å². The van der Waals surface area contributed by atoms with E-state index < -0.39 is 0 Å². The number of hydrogen-bond acceptors (Lipinski definition) is 3. The van der Waals surface area contributed by atoms with E-state index in [1.54, 1.807) is 0 Å². The molecule has 1 aromatic carbocycles. The minimum Gasteiger partial charge on any atom is -0.490 e. The second kappa shape index (κ2) is 7.49. The summed E-state index contributed by atoms with van der Waals surface area (Å²) in [6.45, 7) is 7.67. The fourth-order valence-electron chi connectivity index (χ4n) is 1.44.